The van der Waals surface area contributed by atoms with Crippen LogP contribution in [0.25, 0.3) is 0 Å². The Morgan fingerprint density at radius 3 is 2.71 bits per heavy atom. The van der Waals surface area contributed by atoms with Crippen LogP contribution >= 0.6 is 0 Å². The third-order valence-electron chi connectivity index (χ3n) is 3.71. The van der Waals surface area contributed by atoms with E-state index < -0.39 is 0 Å². The summed E-state index contributed by atoms with van der Waals surface area (Å²) in [7, 11) is 0. The number of ether oxygens (including phenoxy) is 3. The van der Waals surface area contributed by atoms with E-state index in [2.05, 4.69) is 5.32 Å². The minimum absolute atomic E-state index is 0.114. The molecule has 1 aromatic rings. The van der Waals surface area contributed by atoms with E-state index in [9.17, 15) is 9.59 Å². The third kappa shape index (κ3) is 3.09. The van der Waals surface area contributed by atoms with Gasteiger partial charge in [-0.1, -0.05) is 12.8 Å². The van der Waals surface area contributed by atoms with Gasteiger partial charge in [0.25, 0.3) is 5.91 Å². The first kappa shape index (κ1) is 13.7. The zero-order chi connectivity index (χ0) is 14.7. The highest BCUT2D eigenvalue weighted by Gasteiger charge is 2.20. The largest absolute Gasteiger partial charge is 0.483 e. The second-order valence-electron chi connectivity index (χ2n) is 5.20. The first-order valence-electron chi connectivity index (χ1n) is 7.07. The maximum atomic E-state index is 11.8. The number of rotatable bonds is 5. The topological polar surface area (TPSA) is 73.9 Å². The number of hydrogen-bond acceptors (Lipinski definition) is 5. The molecule has 1 fully saturated rings. The molecule has 2 aliphatic rings. The number of nitrogens with one attached hydrogen (secondary N) is 1. The molecule has 1 N–H and O–H groups in total. The van der Waals surface area contributed by atoms with E-state index in [1.165, 1.54) is 0 Å². The van der Waals surface area contributed by atoms with Crippen molar-refractivity contribution >= 4 is 12.2 Å². The van der Waals surface area contributed by atoms with Gasteiger partial charge in [0, 0.05) is 12.1 Å². The number of carbonyl (C=O) groups excluding carboxylic acids is 2. The lowest BCUT2D eigenvalue weighted by molar-refractivity contribution is -0.123. The van der Waals surface area contributed by atoms with Gasteiger partial charge < -0.3 is 19.5 Å². The average molecular weight is 291 g/mol. The summed E-state index contributed by atoms with van der Waals surface area (Å²) in [6, 6.07) is 3.39. The number of carbonyl (C=O) groups is 2. The molecule has 112 valence electrons. The van der Waals surface area contributed by atoms with E-state index in [1.807, 2.05) is 0 Å². The second kappa shape index (κ2) is 6.03. The summed E-state index contributed by atoms with van der Waals surface area (Å²) in [5, 5.41) is 2.93. The minimum atomic E-state index is -0.170. The Balaban J connectivity index is 1.61. The first-order valence-corrected chi connectivity index (χ1v) is 7.07. The Morgan fingerprint density at radius 2 is 2.00 bits per heavy atom. The van der Waals surface area contributed by atoms with E-state index in [-0.39, 0.29) is 25.3 Å². The Hall–Kier alpha value is -2.24. The monoisotopic (exact) mass is 291 g/mol. The van der Waals surface area contributed by atoms with Gasteiger partial charge in [0.2, 0.25) is 6.79 Å². The number of benzene rings is 1. The van der Waals surface area contributed by atoms with Crippen molar-refractivity contribution < 1.29 is 23.8 Å². The Bertz CT molecular complexity index is 551. The van der Waals surface area contributed by atoms with E-state index >= 15 is 0 Å². The van der Waals surface area contributed by atoms with Gasteiger partial charge >= 0.3 is 0 Å². The fraction of sp³-hybridized carbons (Fsp3) is 0.467. The maximum Gasteiger partial charge on any atom is 0.258 e. The van der Waals surface area contributed by atoms with Gasteiger partial charge in [-0.15, -0.1) is 0 Å². The van der Waals surface area contributed by atoms with E-state index in [4.69, 9.17) is 14.2 Å². The van der Waals surface area contributed by atoms with Crippen LogP contribution in [0.15, 0.2) is 12.1 Å². The summed E-state index contributed by atoms with van der Waals surface area (Å²) in [5.74, 6) is 1.19. The van der Waals surface area contributed by atoms with Crippen molar-refractivity contribution in [2.45, 2.75) is 31.7 Å². The molecule has 0 aromatic heterocycles. The molecule has 0 unspecified atom stereocenters. The van der Waals surface area contributed by atoms with Crippen molar-refractivity contribution in [3.05, 3.63) is 17.7 Å². The molecule has 0 spiro atoms. The van der Waals surface area contributed by atoms with E-state index in [0.29, 0.717) is 29.1 Å². The molecule has 0 saturated heterocycles. The standard InChI is InChI=1S/C15H17NO5/c17-7-10-5-13-14(21-9-20-13)6-12(10)19-8-15(18)16-11-3-1-2-4-11/h5-7,11H,1-4,8-9H2,(H,16,18). The summed E-state index contributed by atoms with van der Waals surface area (Å²) in [4.78, 5) is 22.9. The number of aldehydes is 1. The highest BCUT2D eigenvalue weighted by atomic mass is 16.7. The molecule has 1 saturated carbocycles. The van der Waals surface area contributed by atoms with Gasteiger partial charge in [-0.25, -0.2) is 0 Å². The van der Waals surface area contributed by atoms with Crippen LogP contribution in [0.4, 0.5) is 0 Å². The lowest BCUT2D eigenvalue weighted by atomic mass is 10.2. The molecule has 6 heteroatoms. The first-order chi connectivity index (χ1) is 10.3. The van der Waals surface area contributed by atoms with Crippen LogP contribution < -0.4 is 19.5 Å². The molecule has 1 aliphatic heterocycles. The summed E-state index contributed by atoms with van der Waals surface area (Å²) in [6.45, 7) is 0.0102. The van der Waals surface area contributed by atoms with Crippen LogP contribution in [0.2, 0.25) is 0 Å². The van der Waals surface area contributed by atoms with E-state index in [0.717, 1.165) is 25.7 Å². The summed E-state index contributed by atoms with van der Waals surface area (Å²) < 4.78 is 15.9. The van der Waals surface area contributed by atoms with Crippen LogP contribution in [0.5, 0.6) is 17.2 Å². The van der Waals surface area contributed by atoms with Crippen LogP contribution in [-0.2, 0) is 4.79 Å². The Morgan fingerprint density at radius 1 is 1.29 bits per heavy atom. The lowest BCUT2D eigenvalue weighted by Crippen LogP contribution is -2.36. The fourth-order valence-corrected chi connectivity index (χ4v) is 2.64. The quantitative estimate of drug-likeness (QED) is 0.835. The van der Waals surface area contributed by atoms with Gasteiger partial charge in [-0.2, -0.15) is 0 Å². The summed E-state index contributed by atoms with van der Waals surface area (Å²) in [5.41, 5.74) is 0.341. The van der Waals surface area contributed by atoms with Crippen molar-refractivity contribution in [2.75, 3.05) is 13.4 Å². The summed E-state index contributed by atoms with van der Waals surface area (Å²) in [6.07, 6.45) is 5.03. The smallest absolute Gasteiger partial charge is 0.258 e. The Labute approximate surface area is 122 Å². The predicted molar refractivity (Wildman–Crippen MR) is 73.8 cm³/mol. The number of fused-ring (bicyclic) bond motifs is 1. The van der Waals surface area contributed by atoms with Gasteiger partial charge in [-0.05, 0) is 18.9 Å². The van der Waals surface area contributed by atoms with Crippen LogP contribution in [0.1, 0.15) is 36.0 Å². The van der Waals surface area contributed by atoms with Crippen molar-refractivity contribution in [1.29, 1.82) is 0 Å². The molecule has 1 aliphatic carbocycles. The molecule has 3 rings (SSSR count). The molecule has 21 heavy (non-hydrogen) atoms. The van der Waals surface area contributed by atoms with Gasteiger partial charge in [-0.3, -0.25) is 9.59 Å². The summed E-state index contributed by atoms with van der Waals surface area (Å²) >= 11 is 0. The van der Waals surface area contributed by atoms with Crippen LogP contribution in [0.3, 0.4) is 0 Å². The normalized spacial score (nSPS) is 16.8. The molecule has 1 aromatic carbocycles. The SMILES string of the molecule is O=Cc1cc2c(cc1OCC(=O)NC1CCCC1)OCO2. The molecule has 6 nitrogen and oxygen atoms in total. The van der Waals surface area contributed by atoms with Crippen molar-refractivity contribution in [1.82, 2.24) is 5.32 Å². The molecule has 1 amide bonds. The number of hydrogen-bond donors (Lipinski definition) is 1. The third-order valence-corrected chi connectivity index (χ3v) is 3.71. The Kier molecular flexibility index (Phi) is 3.94. The second-order valence-corrected chi connectivity index (χ2v) is 5.20. The molecule has 1 heterocycles. The highest BCUT2D eigenvalue weighted by Crippen LogP contribution is 2.37. The van der Waals surface area contributed by atoms with Crippen molar-refractivity contribution in [3.8, 4) is 17.2 Å². The molecular formula is C15H17NO5. The van der Waals surface area contributed by atoms with Gasteiger partial charge in [0.1, 0.15) is 5.75 Å². The van der Waals surface area contributed by atoms with Crippen LogP contribution in [-0.4, -0.2) is 31.6 Å². The zero-order valence-electron chi connectivity index (χ0n) is 11.6. The van der Waals surface area contributed by atoms with Gasteiger partial charge in [0.15, 0.2) is 24.4 Å². The molecular weight excluding hydrogens is 274 g/mol. The minimum Gasteiger partial charge on any atom is -0.483 e. The lowest BCUT2D eigenvalue weighted by Gasteiger charge is -2.13. The fourth-order valence-electron chi connectivity index (χ4n) is 2.64. The van der Waals surface area contributed by atoms with Gasteiger partial charge in [0.05, 0.1) is 5.56 Å². The van der Waals surface area contributed by atoms with E-state index in [1.54, 1.807) is 12.1 Å². The molecule has 0 bridgehead atoms. The zero-order valence-corrected chi connectivity index (χ0v) is 11.6. The highest BCUT2D eigenvalue weighted by molar-refractivity contribution is 5.82. The number of amides is 1. The molecule has 0 atom stereocenters. The van der Waals surface area contributed by atoms with Crippen molar-refractivity contribution in [3.63, 3.8) is 0 Å². The maximum absolute atomic E-state index is 11.8. The predicted octanol–water partition coefficient (Wildman–Crippen LogP) is 1.67. The average Bonchev–Trinajstić information content (AvgIpc) is 3.14. The van der Waals surface area contributed by atoms with Crippen LogP contribution in [0, 0.1) is 0 Å². The van der Waals surface area contributed by atoms with Crippen molar-refractivity contribution in [2.24, 2.45) is 0 Å². The molecule has 0 radical (unpaired) electrons.